The number of amides is 1. The minimum atomic E-state index is -0.455. The van der Waals surface area contributed by atoms with E-state index in [1.807, 2.05) is 23.6 Å². The zero-order valence-corrected chi connectivity index (χ0v) is 16.3. The highest BCUT2D eigenvalue weighted by molar-refractivity contribution is 7.12. The summed E-state index contributed by atoms with van der Waals surface area (Å²) >= 11 is 1.56. The molecule has 1 unspecified atom stereocenters. The number of nitrogens with zero attached hydrogens (tertiary/aromatic N) is 3. The number of carbonyl (C=O) groups excluding carboxylic acids is 1. The molecule has 9 heteroatoms. The van der Waals surface area contributed by atoms with Crippen molar-refractivity contribution < 1.29 is 18.9 Å². The van der Waals surface area contributed by atoms with Gasteiger partial charge in [-0.1, -0.05) is 6.07 Å². The van der Waals surface area contributed by atoms with Crippen molar-refractivity contribution in [1.29, 1.82) is 0 Å². The van der Waals surface area contributed by atoms with Crippen LogP contribution in [0.4, 0.5) is 5.69 Å². The molecule has 2 aromatic heterocycles. The van der Waals surface area contributed by atoms with Gasteiger partial charge in [0.05, 0.1) is 21.8 Å². The summed E-state index contributed by atoms with van der Waals surface area (Å²) in [5, 5.41) is 18.8. The summed E-state index contributed by atoms with van der Waals surface area (Å²) in [7, 11) is 0. The topological polar surface area (TPSA) is 98.2 Å². The van der Waals surface area contributed by atoms with Gasteiger partial charge in [-0.05, 0) is 42.6 Å². The molecule has 3 heterocycles. The van der Waals surface area contributed by atoms with E-state index in [9.17, 15) is 14.9 Å². The van der Waals surface area contributed by atoms with Crippen molar-refractivity contribution in [3.8, 4) is 5.75 Å². The van der Waals surface area contributed by atoms with Gasteiger partial charge in [0.2, 0.25) is 0 Å². The van der Waals surface area contributed by atoms with Crippen LogP contribution in [0.25, 0.3) is 0 Å². The molecule has 0 spiro atoms. The first-order chi connectivity index (χ1) is 14.0. The highest BCUT2D eigenvalue weighted by Gasteiger charge is 2.35. The van der Waals surface area contributed by atoms with Gasteiger partial charge in [-0.25, -0.2) is 5.01 Å². The average molecular weight is 411 g/mol. The van der Waals surface area contributed by atoms with Crippen molar-refractivity contribution in [2.45, 2.75) is 19.4 Å². The van der Waals surface area contributed by atoms with Crippen molar-refractivity contribution in [2.24, 2.45) is 5.10 Å². The number of hydrazone groups is 1. The third-order valence-corrected chi connectivity index (χ3v) is 5.49. The highest BCUT2D eigenvalue weighted by Crippen LogP contribution is 2.34. The molecule has 1 aromatic carbocycles. The SMILES string of the molecule is Cc1cc(OCC(=O)N2N=C(c3cccs3)CC2c2ccco2)ccc1[N+](=O)[O-]. The molecule has 1 atom stereocenters. The van der Waals surface area contributed by atoms with Crippen LogP contribution in [-0.2, 0) is 4.79 Å². The standard InChI is InChI=1S/C20H17N3O5S/c1-13-10-14(6-7-16(13)23(25)26)28-12-20(24)22-17(18-4-2-8-27-18)11-15(21-22)19-5-3-9-29-19/h2-10,17H,11-12H2,1H3. The molecular weight excluding hydrogens is 394 g/mol. The summed E-state index contributed by atoms with van der Waals surface area (Å²) in [4.78, 5) is 24.3. The smallest absolute Gasteiger partial charge is 0.281 e. The molecule has 3 aromatic rings. The number of carbonyl (C=O) groups is 1. The van der Waals surface area contributed by atoms with Crippen LogP contribution in [-0.4, -0.2) is 28.2 Å². The van der Waals surface area contributed by atoms with E-state index < -0.39 is 4.92 Å². The van der Waals surface area contributed by atoms with Gasteiger partial charge >= 0.3 is 0 Å². The minimum Gasteiger partial charge on any atom is -0.484 e. The van der Waals surface area contributed by atoms with Crippen LogP contribution in [0.3, 0.4) is 0 Å². The summed E-state index contributed by atoms with van der Waals surface area (Å²) in [6, 6.07) is 11.5. The summed E-state index contributed by atoms with van der Waals surface area (Å²) in [5.41, 5.74) is 1.29. The molecule has 0 fully saturated rings. The molecule has 0 bridgehead atoms. The van der Waals surface area contributed by atoms with Gasteiger partial charge in [-0.3, -0.25) is 14.9 Å². The molecule has 0 radical (unpaired) electrons. The Morgan fingerprint density at radius 3 is 2.90 bits per heavy atom. The zero-order valence-electron chi connectivity index (χ0n) is 15.5. The van der Waals surface area contributed by atoms with Crippen molar-refractivity contribution >= 4 is 28.6 Å². The largest absolute Gasteiger partial charge is 0.484 e. The fourth-order valence-corrected chi connectivity index (χ4v) is 3.89. The molecule has 1 aliphatic rings. The normalized spacial score (nSPS) is 16.0. The minimum absolute atomic E-state index is 0.00583. The van der Waals surface area contributed by atoms with E-state index in [1.54, 1.807) is 36.7 Å². The predicted octanol–water partition coefficient (Wildman–Crippen LogP) is 4.31. The summed E-state index contributed by atoms with van der Waals surface area (Å²) in [5.74, 6) is 0.714. The lowest BCUT2D eigenvalue weighted by Crippen LogP contribution is -2.31. The molecule has 1 aliphatic heterocycles. The van der Waals surface area contributed by atoms with Crippen molar-refractivity contribution in [1.82, 2.24) is 5.01 Å². The van der Waals surface area contributed by atoms with E-state index in [4.69, 9.17) is 9.15 Å². The van der Waals surface area contributed by atoms with E-state index in [-0.39, 0.29) is 24.2 Å². The molecule has 0 N–H and O–H groups in total. The van der Waals surface area contributed by atoms with Crippen LogP contribution in [0, 0.1) is 17.0 Å². The fraction of sp³-hybridized carbons (Fsp3) is 0.200. The van der Waals surface area contributed by atoms with Gasteiger partial charge in [0.1, 0.15) is 17.6 Å². The van der Waals surface area contributed by atoms with Crippen LogP contribution in [0.15, 0.2) is 63.6 Å². The second-order valence-electron chi connectivity index (χ2n) is 6.49. The van der Waals surface area contributed by atoms with Gasteiger partial charge < -0.3 is 9.15 Å². The van der Waals surface area contributed by atoms with Crippen LogP contribution in [0.1, 0.15) is 28.7 Å². The summed E-state index contributed by atoms with van der Waals surface area (Å²) in [6.45, 7) is 1.38. The Kier molecular flexibility index (Phi) is 5.13. The quantitative estimate of drug-likeness (QED) is 0.444. The molecule has 0 saturated heterocycles. The lowest BCUT2D eigenvalue weighted by molar-refractivity contribution is -0.385. The van der Waals surface area contributed by atoms with E-state index in [0.29, 0.717) is 23.5 Å². The van der Waals surface area contributed by atoms with Gasteiger partial charge in [0, 0.05) is 18.1 Å². The highest BCUT2D eigenvalue weighted by atomic mass is 32.1. The molecule has 8 nitrogen and oxygen atoms in total. The average Bonchev–Trinajstić information content (AvgIpc) is 3.46. The predicted molar refractivity (Wildman–Crippen MR) is 107 cm³/mol. The molecule has 0 saturated carbocycles. The maximum atomic E-state index is 12.8. The Balaban J connectivity index is 1.51. The molecule has 29 heavy (non-hydrogen) atoms. The maximum Gasteiger partial charge on any atom is 0.281 e. The zero-order chi connectivity index (χ0) is 20.4. The number of furan rings is 1. The molecule has 1 amide bonds. The number of nitro benzene ring substituents is 1. The first kappa shape index (κ1) is 18.9. The molecular formula is C20H17N3O5S. The molecule has 0 aliphatic carbocycles. The number of rotatable bonds is 6. The summed E-state index contributed by atoms with van der Waals surface area (Å²) < 4.78 is 11.1. The third-order valence-electron chi connectivity index (χ3n) is 4.57. The van der Waals surface area contributed by atoms with E-state index >= 15 is 0 Å². The van der Waals surface area contributed by atoms with E-state index in [1.165, 1.54) is 17.1 Å². The van der Waals surface area contributed by atoms with Gasteiger partial charge in [-0.2, -0.15) is 5.10 Å². The number of aryl methyl sites for hydroxylation is 1. The summed E-state index contributed by atoms with van der Waals surface area (Å²) in [6.07, 6.45) is 2.12. The number of thiophene rings is 1. The third kappa shape index (κ3) is 3.90. The van der Waals surface area contributed by atoms with Gasteiger partial charge in [0.25, 0.3) is 11.6 Å². The first-order valence-corrected chi connectivity index (χ1v) is 9.75. The Morgan fingerprint density at radius 2 is 2.24 bits per heavy atom. The second-order valence-corrected chi connectivity index (χ2v) is 7.44. The number of benzene rings is 1. The number of ether oxygens (including phenoxy) is 1. The van der Waals surface area contributed by atoms with Crippen LogP contribution in [0.2, 0.25) is 0 Å². The second kappa shape index (κ2) is 7.88. The number of hydrogen-bond donors (Lipinski definition) is 0. The van der Waals surface area contributed by atoms with Gasteiger partial charge in [0.15, 0.2) is 6.61 Å². The van der Waals surface area contributed by atoms with Crippen molar-refractivity contribution in [3.05, 3.63) is 80.4 Å². The molecule has 4 rings (SSSR count). The van der Waals surface area contributed by atoms with E-state index in [0.717, 1.165) is 10.6 Å². The number of nitro groups is 1. The Morgan fingerprint density at radius 1 is 1.38 bits per heavy atom. The number of hydrogen-bond acceptors (Lipinski definition) is 7. The Labute approximate surface area is 170 Å². The van der Waals surface area contributed by atoms with Crippen LogP contribution < -0.4 is 4.74 Å². The molecule has 148 valence electrons. The lowest BCUT2D eigenvalue weighted by Gasteiger charge is -2.20. The maximum absolute atomic E-state index is 12.8. The van der Waals surface area contributed by atoms with Crippen molar-refractivity contribution in [2.75, 3.05) is 6.61 Å². The van der Waals surface area contributed by atoms with Gasteiger partial charge in [-0.15, -0.1) is 11.3 Å². The van der Waals surface area contributed by atoms with E-state index in [2.05, 4.69) is 5.10 Å². The fourth-order valence-electron chi connectivity index (χ4n) is 3.17. The Bertz CT molecular complexity index is 1060. The first-order valence-electron chi connectivity index (χ1n) is 8.87. The monoisotopic (exact) mass is 411 g/mol. The Hall–Kier alpha value is -3.46. The lowest BCUT2D eigenvalue weighted by atomic mass is 10.1. The van der Waals surface area contributed by atoms with Crippen LogP contribution >= 0.6 is 11.3 Å². The van der Waals surface area contributed by atoms with Crippen molar-refractivity contribution in [3.63, 3.8) is 0 Å². The van der Waals surface area contributed by atoms with Crippen LogP contribution in [0.5, 0.6) is 5.75 Å².